The van der Waals surface area contributed by atoms with Gasteiger partial charge >= 0.3 is 5.97 Å². The Hall–Kier alpha value is -1.51. The lowest BCUT2D eigenvalue weighted by Crippen LogP contribution is -2.10. The summed E-state index contributed by atoms with van der Waals surface area (Å²) in [4.78, 5) is 10.9. The molecule has 0 amide bonds. The molecule has 17 heavy (non-hydrogen) atoms. The van der Waals surface area contributed by atoms with E-state index in [9.17, 15) is 4.79 Å². The molecule has 0 spiro atoms. The van der Waals surface area contributed by atoms with Crippen LogP contribution in [0, 0.1) is 12.8 Å². The van der Waals surface area contributed by atoms with E-state index in [-0.39, 0.29) is 0 Å². The fourth-order valence-electron chi connectivity index (χ4n) is 1.70. The zero-order valence-corrected chi connectivity index (χ0v) is 10.7. The number of hydrogen-bond acceptors (Lipinski definition) is 2. The van der Waals surface area contributed by atoms with Gasteiger partial charge in [0.1, 0.15) is 5.75 Å². The number of ether oxygens (including phenoxy) is 1. The largest absolute Gasteiger partial charge is 0.493 e. The van der Waals surface area contributed by atoms with Crippen molar-refractivity contribution in [3.05, 3.63) is 29.3 Å². The molecule has 0 aliphatic rings. The summed E-state index contributed by atoms with van der Waals surface area (Å²) in [5, 5.41) is 8.91. The molecule has 0 radical (unpaired) electrons. The molecule has 0 bridgehead atoms. The van der Waals surface area contributed by atoms with Crippen LogP contribution in [0.3, 0.4) is 0 Å². The molecule has 0 unspecified atom stereocenters. The first-order valence-electron chi connectivity index (χ1n) is 6.05. The number of hydrogen-bond donors (Lipinski definition) is 1. The second-order valence-corrected chi connectivity index (χ2v) is 4.28. The normalized spacial score (nSPS) is 10.6. The van der Waals surface area contributed by atoms with Crippen molar-refractivity contribution in [2.75, 3.05) is 6.61 Å². The van der Waals surface area contributed by atoms with E-state index < -0.39 is 5.97 Å². The number of carboxylic acids is 1. The van der Waals surface area contributed by atoms with Crippen LogP contribution in [0.15, 0.2) is 18.2 Å². The number of carboxylic acid groups (broad SMARTS) is 1. The first kappa shape index (κ1) is 13.6. The second kappa shape index (κ2) is 6.28. The van der Waals surface area contributed by atoms with Crippen LogP contribution in [0.25, 0.3) is 0 Å². The third-order valence-electron chi connectivity index (χ3n) is 3.07. The van der Waals surface area contributed by atoms with Crippen molar-refractivity contribution in [1.82, 2.24) is 0 Å². The lowest BCUT2D eigenvalue weighted by Gasteiger charge is -2.14. The molecule has 1 rings (SSSR count). The summed E-state index contributed by atoms with van der Waals surface area (Å²) in [5.74, 6) is 0.419. The minimum absolute atomic E-state index is 0.333. The summed E-state index contributed by atoms with van der Waals surface area (Å²) in [6.45, 7) is 6.78. The zero-order valence-electron chi connectivity index (χ0n) is 10.7. The van der Waals surface area contributed by atoms with Crippen LogP contribution in [-0.2, 0) is 0 Å². The Labute approximate surface area is 102 Å². The van der Waals surface area contributed by atoms with E-state index in [1.54, 1.807) is 25.1 Å². The summed E-state index contributed by atoms with van der Waals surface area (Å²) in [7, 11) is 0. The Kier molecular flexibility index (Phi) is 5.01. The van der Waals surface area contributed by atoms with Gasteiger partial charge in [-0.1, -0.05) is 26.7 Å². The first-order chi connectivity index (χ1) is 8.08. The summed E-state index contributed by atoms with van der Waals surface area (Å²) in [6, 6.07) is 5.10. The lowest BCUT2D eigenvalue weighted by molar-refractivity contribution is 0.0696. The van der Waals surface area contributed by atoms with E-state index in [0.717, 1.165) is 24.2 Å². The van der Waals surface area contributed by atoms with Gasteiger partial charge < -0.3 is 9.84 Å². The topological polar surface area (TPSA) is 46.5 Å². The second-order valence-electron chi connectivity index (χ2n) is 4.28. The number of aryl methyl sites for hydroxylation is 1. The Morgan fingerprint density at radius 3 is 2.47 bits per heavy atom. The highest BCUT2D eigenvalue weighted by atomic mass is 16.5. The summed E-state index contributed by atoms with van der Waals surface area (Å²) in [6.07, 6.45) is 2.20. The Morgan fingerprint density at radius 2 is 2.00 bits per heavy atom. The van der Waals surface area contributed by atoms with Gasteiger partial charge in [0, 0.05) is 0 Å². The van der Waals surface area contributed by atoms with Crippen molar-refractivity contribution in [2.45, 2.75) is 33.6 Å². The molecule has 0 aliphatic carbocycles. The zero-order chi connectivity index (χ0) is 12.8. The fourth-order valence-corrected chi connectivity index (χ4v) is 1.70. The predicted octanol–water partition coefficient (Wildman–Crippen LogP) is 3.51. The molecule has 3 heteroatoms. The summed E-state index contributed by atoms with van der Waals surface area (Å²) in [5.41, 5.74) is 1.07. The lowest BCUT2D eigenvalue weighted by atomic mass is 10.1. The first-order valence-corrected chi connectivity index (χ1v) is 6.05. The molecular formula is C14H20O3. The van der Waals surface area contributed by atoms with Crippen molar-refractivity contribution in [2.24, 2.45) is 5.92 Å². The highest BCUT2D eigenvalue weighted by molar-refractivity contribution is 5.89. The van der Waals surface area contributed by atoms with Gasteiger partial charge in [-0.15, -0.1) is 0 Å². The van der Waals surface area contributed by atoms with Crippen molar-refractivity contribution < 1.29 is 14.6 Å². The highest BCUT2D eigenvalue weighted by Crippen LogP contribution is 2.19. The molecule has 0 saturated heterocycles. The van der Waals surface area contributed by atoms with Gasteiger partial charge in [0.25, 0.3) is 0 Å². The van der Waals surface area contributed by atoms with Crippen LogP contribution >= 0.6 is 0 Å². The van der Waals surface area contributed by atoms with E-state index in [1.165, 1.54) is 0 Å². The molecule has 3 nitrogen and oxygen atoms in total. The maximum Gasteiger partial charge on any atom is 0.335 e. The maximum absolute atomic E-state index is 10.9. The molecule has 0 atom stereocenters. The Balaban J connectivity index is 2.67. The average molecular weight is 236 g/mol. The minimum atomic E-state index is -0.894. The van der Waals surface area contributed by atoms with Crippen molar-refractivity contribution in [1.29, 1.82) is 0 Å². The third kappa shape index (κ3) is 3.77. The Bertz CT molecular complexity index is 381. The minimum Gasteiger partial charge on any atom is -0.493 e. The van der Waals surface area contributed by atoms with Crippen LogP contribution in [0.4, 0.5) is 0 Å². The SMILES string of the molecule is CCC(CC)COc1ccc(C(=O)O)c(C)c1. The molecule has 1 aromatic rings. The molecule has 0 fully saturated rings. The van der Waals surface area contributed by atoms with E-state index in [4.69, 9.17) is 9.84 Å². The molecule has 0 heterocycles. The van der Waals surface area contributed by atoms with E-state index >= 15 is 0 Å². The van der Waals surface area contributed by atoms with Gasteiger partial charge in [0.05, 0.1) is 12.2 Å². The average Bonchev–Trinajstić information content (AvgIpc) is 2.30. The molecule has 1 aromatic carbocycles. The third-order valence-corrected chi connectivity index (χ3v) is 3.07. The van der Waals surface area contributed by atoms with Gasteiger partial charge in [0.15, 0.2) is 0 Å². The van der Waals surface area contributed by atoms with Crippen LogP contribution in [-0.4, -0.2) is 17.7 Å². The highest BCUT2D eigenvalue weighted by Gasteiger charge is 2.09. The van der Waals surface area contributed by atoms with Crippen LogP contribution < -0.4 is 4.74 Å². The van der Waals surface area contributed by atoms with Gasteiger partial charge in [-0.05, 0) is 36.6 Å². The van der Waals surface area contributed by atoms with Gasteiger partial charge in [-0.25, -0.2) is 4.79 Å². The van der Waals surface area contributed by atoms with Gasteiger partial charge in [-0.2, -0.15) is 0 Å². The van der Waals surface area contributed by atoms with E-state index in [2.05, 4.69) is 13.8 Å². The van der Waals surface area contributed by atoms with Crippen LogP contribution in [0.2, 0.25) is 0 Å². The van der Waals surface area contributed by atoms with Gasteiger partial charge in [-0.3, -0.25) is 0 Å². The Morgan fingerprint density at radius 1 is 1.35 bits per heavy atom. The standard InChI is InChI=1S/C14H20O3/c1-4-11(5-2)9-17-12-6-7-13(14(15)16)10(3)8-12/h6-8,11H,4-5,9H2,1-3H3,(H,15,16). The van der Waals surface area contributed by atoms with E-state index in [1.807, 2.05) is 0 Å². The number of carbonyl (C=O) groups is 1. The molecule has 0 saturated carbocycles. The quantitative estimate of drug-likeness (QED) is 0.822. The molecule has 0 aliphatic heterocycles. The summed E-state index contributed by atoms with van der Waals surface area (Å²) >= 11 is 0. The number of aromatic carboxylic acids is 1. The summed E-state index contributed by atoms with van der Waals surface area (Å²) < 4.78 is 5.67. The molecule has 1 N–H and O–H groups in total. The molecule has 0 aromatic heterocycles. The monoisotopic (exact) mass is 236 g/mol. The molecular weight excluding hydrogens is 216 g/mol. The number of rotatable bonds is 6. The van der Waals surface area contributed by atoms with E-state index in [0.29, 0.717) is 18.1 Å². The maximum atomic E-state index is 10.9. The molecule has 94 valence electrons. The number of benzene rings is 1. The van der Waals surface area contributed by atoms with Crippen molar-refractivity contribution in [3.8, 4) is 5.75 Å². The van der Waals surface area contributed by atoms with Crippen LogP contribution in [0.5, 0.6) is 5.75 Å². The predicted molar refractivity (Wildman–Crippen MR) is 67.7 cm³/mol. The van der Waals surface area contributed by atoms with Crippen molar-refractivity contribution >= 4 is 5.97 Å². The fraction of sp³-hybridized carbons (Fsp3) is 0.500. The van der Waals surface area contributed by atoms with Crippen molar-refractivity contribution in [3.63, 3.8) is 0 Å². The smallest absolute Gasteiger partial charge is 0.335 e. The van der Waals surface area contributed by atoms with Crippen LogP contribution in [0.1, 0.15) is 42.6 Å². The van der Waals surface area contributed by atoms with Gasteiger partial charge in [0.2, 0.25) is 0 Å².